The van der Waals surface area contributed by atoms with E-state index in [1.807, 2.05) is 0 Å². The summed E-state index contributed by atoms with van der Waals surface area (Å²) in [4.78, 5) is 8.31. The van der Waals surface area contributed by atoms with E-state index in [-0.39, 0.29) is 5.75 Å². The highest BCUT2D eigenvalue weighted by Gasteiger charge is 2.13. The molecule has 1 aliphatic rings. The number of aromatic nitrogens is 2. The molecule has 1 aromatic heterocycles. The summed E-state index contributed by atoms with van der Waals surface area (Å²) in [7, 11) is 1.51. The van der Waals surface area contributed by atoms with Gasteiger partial charge in [0, 0.05) is 17.8 Å². The Labute approximate surface area is 161 Å². The van der Waals surface area contributed by atoms with E-state index in [4.69, 9.17) is 10.5 Å². The number of phenols is 1. The number of benzene rings is 2. The number of phenolic OH excluding ortho intramolecular Hbond substituents is 1. The molecule has 0 amide bonds. The molecule has 4 N–H and O–H groups in total. The van der Waals surface area contributed by atoms with Gasteiger partial charge in [-0.05, 0) is 42.5 Å². The summed E-state index contributed by atoms with van der Waals surface area (Å²) in [6.07, 6.45) is 4.29. The molecule has 1 saturated heterocycles. The second kappa shape index (κ2) is 8.77. The molecule has 142 valence electrons. The first kappa shape index (κ1) is 19.0. The largest absolute Gasteiger partial charge is 0.506 e. The lowest BCUT2D eigenvalue weighted by atomic mass is 10.2. The van der Waals surface area contributed by atoms with E-state index in [0.29, 0.717) is 33.8 Å². The smallest absolute Gasteiger partial charge is 0.145 e. The van der Waals surface area contributed by atoms with E-state index in [1.165, 1.54) is 49.9 Å². The minimum atomic E-state index is -0.527. The molecule has 0 unspecified atom stereocenters. The van der Waals surface area contributed by atoms with Crippen molar-refractivity contribution in [1.29, 1.82) is 0 Å². The van der Waals surface area contributed by atoms with Crippen LogP contribution >= 0.6 is 11.8 Å². The molecule has 0 spiro atoms. The van der Waals surface area contributed by atoms with Crippen LogP contribution < -0.4 is 15.8 Å². The van der Waals surface area contributed by atoms with Crippen LogP contribution in [0, 0.1) is 5.82 Å². The fourth-order valence-electron chi connectivity index (χ4n) is 2.68. The van der Waals surface area contributed by atoms with Crippen molar-refractivity contribution < 1.29 is 14.2 Å². The number of rotatable bonds is 3. The molecule has 0 bridgehead atoms. The Balaban J connectivity index is 0.000000364. The van der Waals surface area contributed by atoms with E-state index in [0.717, 1.165) is 6.07 Å². The number of anilines is 3. The molecule has 0 saturated carbocycles. The maximum Gasteiger partial charge on any atom is 0.145 e. The first-order valence-corrected chi connectivity index (χ1v) is 9.65. The molecule has 1 aliphatic heterocycles. The predicted molar refractivity (Wildman–Crippen MR) is 108 cm³/mol. The lowest BCUT2D eigenvalue weighted by Crippen LogP contribution is -1.99. The van der Waals surface area contributed by atoms with Crippen LogP contribution in [0.4, 0.5) is 21.6 Å². The summed E-state index contributed by atoms with van der Waals surface area (Å²) in [6, 6.07) is 7.01. The van der Waals surface area contributed by atoms with Gasteiger partial charge in [0.15, 0.2) is 0 Å². The lowest BCUT2D eigenvalue weighted by Gasteiger charge is -2.12. The molecular formula is C19H21FN4O2S. The van der Waals surface area contributed by atoms with Crippen LogP contribution in [0.3, 0.4) is 0 Å². The molecular weight excluding hydrogens is 367 g/mol. The van der Waals surface area contributed by atoms with Crippen LogP contribution in [0.5, 0.6) is 11.5 Å². The molecule has 2 heterocycles. The van der Waals surface area contributed by atoms with Crippen molar-refractivity contribution in [2.75, 3.05) is 29.7 Å². The topological polar surface area (TPSA) is 93.3 Å². The van der Waals surface area contributed by atoms with Gasteiger partial charge in [-0.1, -0.05) is 0 Å². The number of nitrogens with one attached hydrogen (secondary N) is 1. The minimum absolute atomic E-state index is 0.221. The fraction of sp³-hybridized carbons (Fsp3) is 0.263. The molecule has 0 radical (unpaired) electrons. The Bertz CT molecular complexity index is 927. The normalized spacial score (nSPS) is 13.1. The monoisotopic (exact) mass is 388 g/mol. The quantitative estimate of drug-likeness (QED) is 0.454. The average molecular weight is 388 g/mol. The number of nitrogens with two attached hydrogens (primary N) is 1. The van der Waals surface area contributed by atoms with Gasteiger partial charge in [0.05, 0.1) is 23.7 Å². The Morgan fingerprint density at radius 3 is 2.59 bits per heavy atom. The van der Waals surface area contributed by atoms with Gasteiger partial charge in [0.1, 0.15) is 29.5 Å². The Morgan fingerprint density at radius 1 is 1.19 bits per heavy atom. The predicted octanol–water partition coefficient (Wildman–Crippen LogP) is 4.32. The van der Waals surface area contributed by atoms with Crippen molar-refractivity contribution in [1.82, 2.24) is 9.97 Å². The van der Waals surface area contributed by atoms with E-state index in [9.17, 15) is 9.50 Å². The molecule has 4 rings (SSSR count). The zero-order valence-electron chi connectivity index (χ0n) is 14.9. The fourth-order valence-corrected chi connectivity index (χ4v) is 3.70. The SMILES string of the molecule is C1CCSC1.COc1cc(N)cc2ncnc(Nc3ccc(F)cc3O)c12. The summed E-state index contributed by atoms with van der Waals surface area (Å²) in [5.41, 5.74) is 7.23. The number of thioether (sulfide) groups is 1. The number of ether oxygens (including phenoxy) is 1. The van der Waals surface area contributed by atoms with Gasteiger partial charge >= 0.3 is 0 Å². The first-order valence-electron chi connectivity index (χ1n) is 8.50. The van der Waals surface area contributed by atoms with Gasteiger partial charge in [-0.3, -0.25) is 0 Å². The van der Waals surface area contributed by atoms with Crippen molar-refractivity contribution in [3.05, 3.63) is 42.5 Å². The number of aromatic hydroxyl groups is 1. The van der Waals surface area contributed by atoms with Crippen LogP contribution in [0.2, 0.25) is 0 Å². The molecule has 0 atom stereocenters. The van der Waals surface area contributed by atoms with Crippen molar-refractivity contribution >= 4 is 39.9 Å². The highest BCUT2D eigenvalue weighted by Crippen LogP contribution is 2.35. The van der Waals surface area contributed by atoms with Gasteiger partial charge in [-0.15, -0.1) is 0 Å². The highest BCUT2D eigenvalue weighted by molar-refractivity contribution is 7.99. The molecule has 27 heavy (non-hydrogen) atoms. The Kier molecular flexibility index (Phi) is 6.18. The zero-order chi connectivity index (χ0) is 19.2. The van der Waals surface area contributed by atoms with Crippen LogP contribution in [-0.4, -0.2) is 33.7 Å². The molecule has 0 aliphatic carbocycles. The maximum atomic E-state index is 13.1. The van der Waals surface area contributed by atoms with Crippen LogP contribution in [0.25, 0.3) is 10.9 Å². The van der Waals surface area contributed by atoms with E-state index in [2.05, 4.69) is 27.0 Å². The standard InChI is InChI=1S/C15H13FN4O2.C4H8S/c1-22-13-6-9(17)5-11-14(13)15(19-7-18-11)20-10-3-2-8(16)4-12(10)21;1-2-4-5-3-1/h2-7,21H,17H2,1H3,(H,18,19,20);1-4H2. The van der Waals surface area contributed by atoms with E-state index < -0.39 is 5.82 Å². The number of methoxy groups -OCH3 is 1. The van der Waals surface area contributed by atoms with Crippen LogP contribution in [0.1, 0.15) is 12.8 Å². The van der Waals surface area contributed by atoms with Crippen LogP contribution in [0.15, 0.2) is 36.7 Å². The van der Waals surface area contributed by atoms with Gasteiger partial charge in [0.25, 0.3) is 0 Å². The summed E-state index contributed by atoms with van der Waals surface area (Å²) >= 11 is 2.07. The van der Waals surface area contributed by atoms with E-state index in [1.54, 1.807) is 12.1 Å². The second-order valence-electron chi connectivity index (χ2n) is 5.95. The average Bonchev–Trinajstić information content (AvgIpc) is 3.23. The third kappa shape index (κ3) is 4.71. The van der Waals surface area contributed by atoms with Gasteiger partial charge in [-0.2, -0.15) is 11.8 Å². The molecule has 3 aromatic rings. The Hall–Kier alpha value is -2.74. The highest BCUT2D eigenvalue weighted by atomic mass is 32.2. The lowest BCUT2D eigenvalue weighted by molar-refractivity contribution is 0.420. The summed E-state index contributed by atoms with van der Waals surface area (Å²) in [6.45, 7) is 0. The van der Waals surface area contributed by atoms with E-state index >= 15 is 0 Å². The summed E-state index contributed by atoms with van der Waals surface area (Å²) in [5, 5.41) is 13.4. The second-order valence-corrected chi connectivity index (χ2v) is 7.17. The van der Waals surface area contributed by atoms with Gasteiger partial charge < -0.3 is 20.9 Å². The van der Waals surface area contributed by atoms with Gasteiger partial charge in [-0.25, -0.2) is 14.4 Å². The third-order valence-corrected chi connectivity index (χ3v) is 5.14. The molecule has 8 heteroatoms. The number of hydrogen-bond donors (Lipinski definition) is 3. The third-order valence-electron chi connectivity index (χ3n) is 3.98. The minimum Gasteiger partial charge on any atom is -0.506 e. The first-order chi connectivity index (χ1) is 13.1. The van der Waals surface area contributed by atoms with Crippen LogP contribution in [-0.2, 0) is 0 Å². The Morgan fingerprint density at radius 2 is 1.96 bits per heavy atom. The zero-order valence-corrected chi connectivity index (χ0v) is 15.7. The molecule has 6 nitrogen and oxygen atoms in total. The van der Waals surface area contributed by atoms with Crippen molar-refractivity contribution in [2.45, 2.75) is 12.8 Å². The number of halogens is 1. The van der Waals surface area contributed by atoms with Crippen molar-refractivity contribution in [2.24, 2.45) is 0 Å². The number of nitrogens with zero attached hydrogens (tertiary/aromatic N) is 2. The summed E-state index contributed by atoms with van der Waals surface area (Å²) < 4.78 is 18.4. The number of nitrogen functional groups attached to an aromatic ring is 1. The molecule has 1 fully saturated rings. The molecule has 2 aromatic carbocycles. The van der Waals surface area contributed by atoms with Gasteiger partial charge in [0.2, 0.25) is 0 Å². The van der Waals surface area contributed by atoms with Crippen molar-refractivity contribution in [3.8, 4) is 11.5 Å². The summed E-state index contributed by atoms with van der Waals surface area (Å²) in [5.74, 6) is 3.01. The maximum absolute atomic E-state index is 13.1. The number of hydrogen-bond acceptors (Lipinski definition) is 7. The number of fused-ring (bicyclic) bond motifs is 1. The van der Waals surface area contributed by atoms with Crippen molar-refractivity contribution in [3.63, 3.8) is 0 Å².